The molecule has 116 valence electrons. The molecule has 6 heteroatoms. The first kappa shape index (κ1) is 14.6. The fourth-order valence-electron chi connectivity index (χ4n) is 2.98. The van der Waals surface area contributed by atoms with Gasteiger partial charge in [0, 0.05) is 19.4 Å². The lowest BCUT2D eigenvalue weighted by Crippen LogP contribution is -2.39. The predicted molar refractivity (Wildman–Crippen MR) is 81.5 cm³/mol. The maximum atomic E-state index is 12.6. The normalized spacial score (nSPS) is 21.3. The molecule has 1 saturated heterocycles. The van der Waals surface area contributed by atoms with E-state index in [1.165, 1.54) is 0 Å². The molecule has 0 saturated carbocycles. The largest absolute Gasteiger partial charge is 0.497 e. The molecule has 0 radical (unpaired) electrons. The Hall–Kier alpha value is -2.37. The van der Waals surface area contributed by atoms with Gasteiger partial charge in [-0.2, -0.15) is 5.10 Å². The highest BCUT2D eigenvalue weighted by Crippen LogP contribution is 2.33. The average molecular weight is 301 g/mol. The summed E-state index contributed by atoms with van der Waals surface area (Å²) in [5, 5.41) is 3.92. The SMILES string of the molecule is COc1ccc([C@H]2CCCN2C(=O)C2=NNC(=O)CC2)cc1. The number of ether oxygens (including phenoxy) is 1. The number of likely N-dealkylation sites (tertiary alicyclic amines) is 1. The molecule has 1 atom stereocenters. The second-order valence-corrected chi connectivity index (χ2v) is 5.52. The van der Waals surface area contributed by atoms with Gasteiger partial charge in [0.2, 0.25) is 5.91 Å². The van der Waals surface area contributed by atoms with Crippen molar-refractivity contribution in [2.75, 3.05) is 13.7 Å². The zero-order valence-corrected chi connectivity index (χ0v) is 12.5. The van der Waals surface area contributed by atoms with E-state index in [1.807, 2.05) is 29.2 Å². The number of benzene rings is 1. The molecular formula is C16H19N3O3. The summed E-state index contributed by atoms with van der Waals surface area (Å²) in [4.78, 5) is 25.6. The molecule has 2 aliphatic heterocycles. The van der Waals surface area contributed by atoms with Crippen molar-refractivity contribution in [1.82, 2.24) is 10.3 Å². The Morgan fingerprint density at radius 2 is 2.09 bits per heavy atom. The average Bonchev–Trinajstić information content (AvgIpc) is 3.04. The van der Waals surface area contributed by atoms with Crippen LogP contribution in [0.15, 0.2) is 29.4 Å². The first-order valence-electron chi connectivity index (χ1n) is 7.49. The van der Waals surface area contributed by atoms with Crippen LogP contribution in [-0.2, 0) is 9.59 Å². The van der Waals surface area contributed by atoms with Crippen molar-refractivity contribution in [3.8, 4) is 5.75 Å². The predicted octanol–water partition coefficient (Wildman–Crippen LogP) is 1.62. The summed E-state index contributed by atoms with van der Waals surface area (Å²) in [6.45, 7) is 0.725. The third kappa shape index (κ3) is 2.81. The summed E-state index contributed by atoms with van der Waals surface area (Å²) in [5.74, 6) is 0.599. The fourth-order valence-corrected chi connectivity index (χ4v) is 2.98. The number of hydrazone groups is 1. The number of methoxy groups -OCH3 is 1. The van der Waals surface area contributed by atoms with Gasteiger partial charge in [0.1, 0.15) is 11.5 Å². The highest BCUT2D eigenvalue weighted by Gasteiger charge is 2.33. The van der Waals surface area contributed by atoms with E-state index in [-0.39, 0.29) is 17.9 Å². The molecular weight excluding hydrogens is 282 g/mol. The minimum Gasteiger partial charge on any atom is -0.497 e. The molecule has 2 aliphatic rings. The smallest absolute Gasteiger partial charge is 0.270 e. The lowest BCUT2D eigenvalue weighted by molar-refractivity contribution is -0.125. The number of nitrogens with zero attached hydrogens (tertiary/aromatic N) is 2. The van der Waals surface area contributed by atoms with Crippen molar-refractivity contribution in [3.63, 3.8) is 0 Å². The van der Waals surface area contributed by atoms with Crippen molar-refractivity contribution < 1.29 is 14.3 Å². The first-order chi connectivity index (χ1) is 10.7. The van der Waals surface area contributed by atoms with E-state index in [1.54, 1.807) is 7.11 Å². The van der Waals surface area contributed by atoms with Gasteiger partial charge in [-0.3, -0.25) is 9.59 Å². The maximum Gasteiger partial charge on any atom is 0.270 e. The van der Waals surface area contributed by atoms with E-state index < -0.39 is 0 Å². The minimum absolute atomic E-state index is 0.0683. The Labute approximate surface area is 129 Å². The molecule has 1 aromatic rings. The fraction of sp³-hybridized carbons (Fsp3) is 0.438. The van der Waals surface area contributed by atoms with Crippen LogP contribution in [0.1, 0.15) is 37.3 Å². The van der Waals surface area contributed by atoms with Crippen LogP contribution in [0.25, 0.3) is 0 Å². The molecule has 2 amide bonds. The van der Waals surface area contributed by atoms with Gasteiger partial charge in [-0.15, -0.1) is 0 Å². The monoisotopic (exact) mass is 301 g/mol. The molecule has 22 heavy (non-hydrogen) atoms. The van der Waals surface area contributed by atoms with E-state index in [9.17, 15) is 9.59 Å². The first-order valence-corrected chi connectivity index (χ1v) is 7.49. The van der Waals surface area contributed by atoms with Crippen LogP contribution in [0.2, 0.25) is 0 Å². The Morgan fingerprint density at radius 1 is 1.32 bits per heavy atom. The van der Waals surface area contributed by atoms with Gasteiger partial charge >= 0.3 is 0 Å². The minimum atomic E-state index is -0.135. The number of rotatable bonds is 3. The van der Waals surface area contributed by atoms with Crippen molar-refractivity contribution in [2.24, 2.45) is 5.10 Å². The second-order valence-electron chi connectivity index (χ2n) is 5.52. The van der Waals surface area contributed by atoms with Gasteiger partial charge in [-0.1, -0.05) is 12.1 Å². The van der Waals surface area contributed by atoms with E-state index in [0.717, 1.165) is 30.7 Å². The van der Waals surface area contributed by atoms with E-state index >= 15 is 0 Å². The molecule has 1 N–H and O–H groups in total. The van der Waals surface area contributed by atoms with Crippen LogP contribution in [-0.4, -0.2) is 36.1 Å². The molecule has 1 fully saturated rings. The summed E-state index contributed by atoms with van der Waals surface area (Å²) < 4.78 is 5.17. The van der Waals surface area contributed by atoms with Gasteiger partial charge < -0.3 is 9.64 Å². The van der Waals surface area contributed by atoms with Crippen molar-refractivity contribution in [3.05, 3.63) is 29.8 Å². The van der Waals surface area contributed by atoms with Gasteiger partial charge in [0.05, 0.1) is 13.2 Å². The third-order valence-electron chi connectivity index (χ3n) is 4.17. The molecule has 0 bridgehead atoms. The Morgan fingerprint density at radius 3 is 2.73 bits per heavy atom. The molecule has 3 rings (SSSR count). The van der Waals surface area contributed by atoms with Crippen LogP contribution in [0.4, 0.5) is 0 Å². The maximum absolute atomic E-state index is 12.6. The number of carbonyl (C=O) groups excluding carboxylic acids is 2. The molecule has 2 heterocycles. The van der Waals surface area contributed by atoms with E-state index in [2.05, 4.69) is 10.5 Å². The van der Waals surface area contributed by atoms with Crippen molar-refractivity contribution in [1.29, 1.82) is 0 Å². The molecule has 0 unspecified atom stereocenters. The van der Waals surface area contributed by atoms with Gasteiger partial charge in [0.25, 0.3) is 5.91 Å². The summed E-state index contributed by atoms with van der Waals surface area (Å²) in [7, 11) is 1.63. The summed E-state index contributed by atoms with van der Waals surface area (Å²) in [6, 6.07) is 7.89. The van der Waals surface area contributed by atoms with Crippen LogP contribution in [0.3, 0.4) is 0 Å². The topological polar surface area (TPSA) is 71.0 Å². The van der Waals surface area contributed by atoms with Crippen LogP contribution in [0, 0.1) is 0 Å². The Kier molecular flexibility index (Phi) is 4.09. The number of nitrogens with one attached hydrogen (secondary N) is 1. The van der Waals surface area contributed by atoms with Crippen LogP contribution >= 0.6 is 0 Å². The highest BCUT2D eigenvalue weighted by atomic mass is 16.5. The van der Waals surface area contributed by atoms with Crippen molar-refractivity contribution in [2.45, 2.75) is 31.7 Å². The van der Waals surface area contributed by atoms with Gasteiger partial charge in [-0.05, 0) is 30.5 Å². The second kappa shape index (κ2) is 6.17. The highest BCUT2D eigenvalue weighted by molar-refractivity contribution is 6.39. The number of hydrogen-bond acceptors (Lipinski definition) is 4. The number of amides is 2. The molecule has 1 aromatic carbocycles. The van der Waals surface area contributed by atoms with Gasteiger partial charge in [-0.25, -0.2) is 5.43 Å². The lowest BCUT2D eigenvalue weighted by atomic mass is 10.0. The summed E-state index contributed by atoms with van der Waals surface area (Å²) in [6.07, 6.45) is 2.65. The van der Waals surface area contributed by atoms with Gasteiger partial charge in [0.15, 0.2) is 0 Å². The molecule has 0 spiro atoms. The lowest BCUT2D eigenvalue weighted by Gasteiger charge is -2.26. The molecule has 6 nitrogen and oxygen atoms in total. The van der Waals surface area contributed by atoms with Crippen LogP contribution in [0.5, 0.6) is 5.75 Å². The quantitative estimate of drug-likeness (QED) is 0.922. The third-order valence-corrected chi connectivity index (χ3v) is 4.17. The molecule has 0 aliphatic carbocycles. The van der Waals surface area contributed by atoms with E-state index in [0.29, 0.717) is 18.6 Å². The number of carbonyl (C=O) groups is 2. The zero-order valence-electron chi connectivity index (χ0n) is 12.5. The molecule has 0 aromatic heterocycles. The Bertz CT molecular complexity index is 610. The summed E-state index contributed by atoms with van der Waals surface area (Å²) >= 11 is 0. The number of hydrogen-bond donors (Lipinski definition) is 1. The van der Waals surface area contributed by atoms with Crippen LogP contribution < -0.4 is 10.2 Å². The van der Waals surface area contributed by atoms with Crippen molar-refractivity contribution >= 4 is 17.5 Å². The Balaban J connectivity index is 1.77. The zero-order chi connectivity index (χ0) is 15.5. The van der Waals surface area contributed by atoms with E-state index in [4.69, 9.17) is 4.74 Å². The standard InChI is InChI=1S/C16H19N3O3/c1-22-12-6-4-11(5-7-12)14-3-2-10-19(14)16(21)13-8-9-15(20)18-17-13/h4-7,14H,2-3,8-10H2,1H3,(H,18,20)/t14-/m1/s1. The summed E-state index contributed by atoms with van der Waals surface area (Å²) in [5.41, 5.74) is 3.94.